The fourth-order valence-corrected chi connectivity index (χ4v) is 4.13. The van der Waals surface area contributed by atoms with Crippen LogP contribution in [0.1, 0.15) is 31.2 Å². The number of likely N-dealkylation sites (tertiary alicyclic amines) is 1. The van der Waals surface area contributed by atoms with Crippen molar-refractivity contribution in [1.82, 2.24) is 19.4 Å². The van der Waals surface area contributed by atoms with Crippen LogP contribution >= 0.6 is 0 Å². The summed E-state index contributed by atoms with van der Waals surface area (Å²) in [5.74, 6) is 1.11. The molecule has 1 amide bonds. The molecule has 0 bridgehead atoms. The first kappa shape index (κ1) is 18.0. The lowest BCUT2D eigenvalue weighted by molar-refractivity contribution is -0.00199. The third kappa shape index (κ3) is 4.00. The zero-order valence-electron chi connectivity index (χ0n) is 16.0. The number of ether oxygens (including phenoxy) is 1. The molecule has 2 fully saturated rings. The van der Waals surface area contributed by atoms with Gasteiger partial charge in [0.05, 0.1) is 13.1 Å². The van der Waals surface area contributed by atoms with Crippen molar-refractivity contribution in [3.05, 3.63) is 54.1 Å². The van der Waals surface area contributed by atoms with Gasteiger partial charge in [0.15, 0.2) is 0 Å². The normalized spacial score (nSPS) is 19.6. The quantitative estimate of drug-likeness (QED) is 0.787. The maximum absolute atomic E-state index is 12.4. The molecule has 0 unspecified atom stereocenters. The largest absolute Gasteiger partial charge is 0.441 e. The van der Waals surface area contributed by atoms with Crippen LogP contribution in [0.4, 0.5) is 4.79 Å². The van der Waals surface area contributed by atoms with Crippen molar-refractivity contribution in [3.63, 3.8) is 0 Å². The molecule has 27 heavy (non-hydrogen) atoms. The number of hydrogen-bond acceptors (Lipinski definition) is 4. The predicted molar refractivity (Wildman–Crippen MR) is 103 cm³/mol. The Hall–Kier alpha value is -2.34. The number of nitrogens with zero attached hydrogens (tertiary/aromatic N) is 4. The van der Waals surface area contributed by atoms with E-state index in [2.05, 4.69) is 33.5 Å². The van der Waals surface area contributed by atoms with Crippen molar-refractivity contribution < 1.29 is 9.53 Å². The average molecular weight is 368 g/mol. The van der Waals surface area contributed by atoms with E-state index in [0.717, 1.165) is 64.4 Å². The van der Waals surface area contributed by atoms with Gasteiger partial charge in [-0.3, -0.25) is 4.90 Å². The Morgan fingerprint density at radius 3 is 2.70 bits per heavy atom. The van der Waals surface area contributed by atoms with E-state index in [0.29, 0.717) is 0 Å². The van der Waals surface area contributed by atoms with Crippen molar-refractivity contribution >= 4 is 6.09 Å². The highest BCUT2D eigenvalue weighted by Crippen LogP contribution is 2.33. The summed E-state index contributed by atoms with van der Waals surface area (Å²) in [6.45, 7) is 7.27. The summed E-state index contributed by atoms with van der Waals surface area (Å²) in [4.78, 5) is 21.1. The molecule has 1 aromatic heterocycles. The van der Waals surface area contributed by atoms with Gasteiger partial charge in [0.25, 0.3) is 0 Å². The highest BCUT2D eigenvalue weighted by molar-refractivity contribution is 5.70. The summed E-state index contributed by atoms with van der Waals surface area (Å²) >= 11 is 0. The molecule has 0 aliphatic carbocycles. The number of amides is 1. The second-order valence-electron chi connectivity index (χ2n) is 7.61. The minimum Gasteiger partial charge on any atom is -0.441 e. The van der Waals surface area contributed by atoms with Gasteiger partial charge in [-0.05, 0) is 18.9 Å². The number of benzene rings is 1. The molecule has 6 heteroatoms. The van der Waals surface area contributed by atoms with E-state index in [1.807, 2.05) is 35.5 Å². The van der Waals surface area contributed by atoms with Crippen LogP contribution in [0.25, 0.3) is 0 Å². The maximum atomic E-state index is 12.4. The van der Waals surface area contributed by atoms with E-state index in [-0.39, 0.29) is 11.7 Å². The molecule has 2 aliphatic heterocycles. The van der Waals surface area contributed by atoms with Crippen molar-refractivity contribution in [3.8, 4) is 0 Å². The Morgan fingerprint density at radius 2 is 1.96 bits per heavy atom. The summed E-state index contributed by atoms with van der Waals surface area (Å²) in [5, 5.41) is 0. The van der Waals surface area contributed by atoms with Gasteiger partial charge in [0.2, 0.25) is 0 Å². The monoisotopic (exact) mass is 368 g/mol. The van der Waals surface area contributed by atoms with Crippen LogP contribution in [-0.4, -0.2) is 57.2 Å². The predicted octanol–water partition coefficient (Wildman–Crippen LogP) is 2.93. The zero-order chi connectivity index (χ0) is 18.7. The van der Waals surface area contributed by atoms with Crippen LogP contribution in [-0.2, 0) is 24.2 Å². The molecular formula is C21H28N4O2. The number of piperidine rings is 1. The Morgan fingerprint density at radius 1 is 1.19 bits per heavy atom. The van der Waals surface area contributed by atoms with Gasteiger partial charge < -0.3 is 14.2 Å². The van der Waals surface area contributed by atoms with E-state index in [4.69, 9.17) is 4.74 Å². The lowest BCUT2D eigenvalue weighted by Gasteiger charge is -2.37. The van der Waals surface area contributed by atoms with E-state index < -0.39 is 0 Å². The Bertz CT molecular complexity index is 765. The van der Waals surface area contributed by atoms with Gasteiger partial charge in [-0.25, -0.2) is 9.78 Å². The van der Waals surface area contributed by atoms with E-state index in [9.17, 15) is 4.79 Å². The summed E-state index contributed by atoms with van der Waals surface area (Å²) in [6.07, 6.45) is 6.41. The molecule has 144 valence electrons. The molecule has 1 aromatic carbocycles. The molecule has 0 radical (unpaired) electrons. The molecule has 6 nitrogen and oxygen atoms in total. The van der Waals surface area contributed by atoms with E-state index in [1.54, 1.807) is 0 Å². The molecule has 0 atom stereocenters. The van der Waals surface area contributed by atoms with Crippen molar-refractivity contribution in [2.45, 2.75) is 44.9 Å². The highest BCUT2D eigenvalue weighted by Gasteiger charge is 2.46. The molecule has 2 saturated heterocycles. The SMILES string of the molecule is CCn1ccnc1CN1CCC2(CC1)CN(CCc1ccccc1)C(=O)O2. The van der Waals surface area contributed by atoms with Crippen LogP contribution in [0.3, 0.4) is 0 Å². The van der Waals surface area contributed by atoms with Crippen LogP contribution < -0.4 is 0 Å². The fraction of sp³-hybridized carbons (Fsp3) is 0.524. The number of carbonyl (C=O) groups excluding carboxylic acids is 1. The number of aromatic nitrogens is 2. The summed E-state index contributed by atoms with van der Waals surface area (Å²) in [7, 11) is 0. The molecule has 0 saturated carbocycles. The van der Waals surface area contributed by atoms with Crippen LogP contribution in [0.15, 0.2) is 42.7 Å². The topological polar surface area (TPSA) is 50.6 Å². The van der Waals surface area contributed by atoms with Gasteiger partial charge >= 0.3 is 6.09 Å². The first-order valence-electron chi connectivity index (χ1n) is 9.92. The van der Waals surface area contributed by atoms with E-state index in [1.165, 1.54) is 5.56 Å². The summed E-state index contributed by atoms with van der Waals surface area (Å²) in [5.41, 5.74) is 0.956. The first-order valence-corrected chi connectivity index (χ1v) is 9.92. The molecule has 2 aliphatic rings. The number of imidazole rings is 1. The Kier molecular flexibility index (Phi) is 5.16. The standard InChI is InChI=1S/C21H28N4O2/c1-2-24-15-11-22-19(24)16-23-13-9-21(10-14-23)17-25(20(26)27-21)12-8-18-6-4-3-5-7-18/h3-7,11,15H,2,8-10,12-14,16-17H2,1H3. The number of aryl methyl sites for hydroxylation is 1. The van der Waals surface area contributed by atoms with Crippen LogP contribution in [0.2, 0.25) is 0 Å². The van der Waals surface area contributed by atoms with Gasteiger partial charge in [-0.1, -0.05) is 30.3 Å². The van der Waals surface area contributed by atoms with Gasteiger partial charge in [-0.15, -0.1) is 0 Å². The van der Waals surface area contributed by atoms with E-state index >= 15 is 0 Å². The van der Waals surface area contributed by atoms with Crippen molar-refractivity contribution in [2.24, 2.45) is 0 Å². The second-order valence-corrected chi connectivity index (χ2v) is 7.61. The third-order valence-corrected chi connectivity index (χ3v) is 5.83. The lowest BCUT2D eigenvalue weighted by atomic mass is 9.91. The summed E-state index contributed by atoms with van der Waals surface area (Å²) < 4.78 is 8.04. The first-order chi connectivity index (χ1) is 13.2. The van der Waals surface area contributed by atoms with Crippen molar-refractivity contribution in [2.75, 3.05) is 26.2 Å². The van der Waals surface area contributed by atoms with Crippen LogP contribution in [0, 0.1) is 0 Å². The van der Waals surface area contributed by atoms with Crippen molar-refractivity contribution in [1.29, 1.82) is 0 Å². The maximum Gasteiger partial charge on any atom is 0.410 e. The molecule has 0 N–H and O–H groups in total. The second kappa shape index (κ2) is 7.72. The molecular weight excluding hydrogens is 340 g/mol. The lowest BCUT2D eigenvalue weighted by Crippen LogP contribution is -2.46. The van der Waals surface area contributed by atoms with Gasteiger partial charge in [0.1, 0.15) is 11.4 Å². The molecule has 1 spiro atoms. The number of hydrogen-bond donors (Lipinski definition) is 0. The summed E-state index contributed by atoms with van der Waals surface area (Å²) in [6, 6.07) is 10.3. The molecule has 2 aromatic rings. The zero-order valence-corrected chi connectivity index (χ0v) is 16.0. The Labute approximate surface area is 160 Å². The number of rotatable bonds is 6. The fourth-order valence-electron chi connectivity index (χ4n) is 4.13. The Balaban J connectivity index is 1.30. The average Bonchev–Trinajstić information content (AvgIpc) is 3.27. The molecule has 3 heterocycles. The van der Waals surface area contributed by atoms with Crippen LogP contribution in [0.5, 0.6) is 0 Å². The highest BCUT2D eigenvalue weighted by atomic mass is 16.6. The minimum absolute atomic E-state index is 0.152. The van der Waals surface area contributed by atoms with Gasteiger partial charge in [-0.2, -0.15) is 0 Å². The van der Waals surface area contributed by atoms with Gasteiger partial charge in [0, 0.05) is 51.4 Å². The molecule has 4 rings (SSSR count). The smallest absolute Gasteiger partial charge is 0.410 e. The minimum atomic E-state index is -0.301. The number of carbonyl (C=O) groups is 1. The third-order valence-electron chi connectivity index (χ3n) is 5.83.